The quantitative estimate of drug-likeness (QED) is 0.0487. The van der Waals surface area contributed by atoms with Crippen LogP contribution in [0.2, 0.25) is 0 Å². The molecule has 0 aliphatic rings. The Labute approximate surface area is 564 Å². The second kappa shape index (κ2) is 45.8. The second-order valence-corrected chi connectivity index (χ2v) is 157. The molecule has 2 aromatic heterocycles. The summed E-state index contributed by atoms with van der Waals surface area (Å²) in [5.74, 6) is 2.21. The van der Waals surface area contributed by atoms with E-state index in [2.05, 4.69) is 255 Å². The number of hydrogen-bond donors (Lipinski definition) is 3. The van der Waals surface area contributed by atoms with Crippen LogP contribution in [0.5, 0.6) is 11.5 Å². The minimum absolute atomic E-state index is 0. The number of nitrogens with zero attached hydrogens (tertiary/aromatic N) is 4. The molecule has 22 atom stereocenters. The number of hydrogen-bond acceptors (Lipinski definition) is 8. The first-order chi connectivity index (χ1) is 39.2. The average Bonchev–Trinajstić information content (AvgIpc) is 1.16. The monoisotopic (exact) mass is 1770 g/mol. The zero-order valence-electron chi connectivity index (χ0n) is 45.9. The molecule has 0 fully saturated rings. The SMILES string of the molecule is C.C=Cc1ccc(Nc2ncnc(-c3ccc(C)cc3)c2O)cc1.COc1c(Nc2ccc(C(C)C)cc2)ncnc1-c1ccc(C)cc1.PPP(P)P(P(P(P)P)P(P)P)P(P(P(P)P)P(P)P)P(P(P(P)P)P(P)P)P(P(P)P)P(P)P. The summed E-state index contributed by atoms with van der Waals surface area (Å²) in [5, 5.41) is 16.9. The smallest absolute Gasteiger partial charge is 0.187 e. The molecule has 3 N–H and O–H groups in total. The van der Waals surface area contributed by atoms with Crippen LogP contribution < -0.4 is 15.4 Å². The molecule has 0 amide bonds. The van der Waals surface area contributed by atoms with Crippen molar-refractivity contribution in [1.29, 1.82) is 0 Å². The molecule has 0 aliphatic heterocycles. The molecule has 0 radical (unpaired) electrons. The minimum atomic E-state index is -0.0908. The third-order valence-corrected chi connectivity index (χ3v) is 246. The van der Waals surface area contributed by atoms with E-state index in [1.165, 1.54) is 17.5 Å². The third kappa shape index (κ3) is 27.8. The minimum Gasteiger partial charge on any atom is -0.503 e. The van der Waals surface area contributed by atoms with Gasteiger partial charge >= 0.3 is 0 Å². The lowest BCUT2D eigenvalue weighted by Gasteiger charge is -2.54. The number of ether oxygens (including phenoxy) is 1. The summed E-state index contributed by atoms with van der Waals surface area (Å²) in [6, 6.07) is 32.1. The maximum Gasteiger partial charge on any atom is 0.187 e. The van der Waals surface area contributed by atoms with Gasteiger partial charge in [-0.15, -0.1) is 161 Å². The summed E-state index contributed by atoms with van der Waals surface area (Å²) in [7, 11) is 62.8. The molecule has 462 valence electrons. The van der Waals surface area contributed by atoms with Gasteiger partial charge in [0.1, 0.15) is 24.0 Å². The number of anilines is 4. The summed E-state index contributed by atoms with van der Waals surface area (Å²) in [4.78, 5) is 17.1. The zero-order chi connectivity index (χ0) is 62.0. The Morgan fingerprint density at radius 1 is 0.488 bits per heavy atom. The van der Waals surface area contributed by atoms with Gasteiger partial charge in [0, 0.05) is 22.5 Å². The number of rotatable bonds is 25. The van der Waals surface area contributed by atoms with Gasteiger partial charge in [-0.25, -0.2) is 19.9 Å². The van der Waals surface area contributed by atoms with E-state index >= 15 is 0 Å². The summed E-state index contributed by atoms with van der Waals surface area (Å²) in [6.07, 6.45) is 4.78. The van der Waals surface area contributed by atoms with Crippen LogP contribution in [0.1, 0.15) is 49.4 Å². The summed E-state index contributed by atoms with van der Waals surface area (Å²) in [6.45, 7) is 11.6. The maximum absolute atomic E-state index is 10.5. The standard InChI is InChI=1S/C21H23N3O.C19H17N3O.CH4.H37P35/c1-14(2)16-9-11-18(12-10-16)24-21-20(25-4)19(22-13-23-21)17-7-5-15(3)6-8-17;1-3-14-6-10-16(11-7-14)22-19-18(23)17(20-12-21-19)15-8-4-13(2)5-9-15;;1-19-28(18)33(29(20(2)3)21(4)5)35(32(26(14)15)27(16)17)34(30(22(6)7)23(8)9)31(24(10)11)25(12)13/h5-14H,1-4H3,(H,22,23,24);3-12,23H,1H2,2H3,(H,20,21,22);1H4;19H,1-18H2. The molecule has 6 aromatic rings. The van der Waals surface area contributed by atoms with Crippen LogP contribution in [0.3, 0.4) is 0 Å². The molecule has 2 heterocycles. The molecule has 84 heavy (non-hydrogen) atoms. The zero-order valence-corrected chi connectivity index (χ0v) is 82.0. The van der Waals surface area contributed by atoms with Gasteiger partial charge in [0.05, 0.1) is 7.11 Å². The van der Waals surface area contributed by atoms with E-state index in [-0.39, 0.29) is 125 Å². The predicted molar refractivity (Wildman–Crippen MR) is 497 cm³/mol. The summed E-state index contributed by atoms with van der Waals surface area (Å²) >= 11 is 0. The van der Waals surface area contributed by atoms with Gasteiger partial charge in [0.25, 0.3) is 0 Å². The highest BCUT2D eigenvalue weighted by Crippen LogP contribution is 3.40. The van der Waals surface area contributed by atoms with Crippen LogP contribution >= 0.6 is 280 Å². The van der Waals surface area contributed by atoms with Crippen molar-refractivity contribution in [3.05, 3.63) is 139 Å². The van der Waals surface area contributed by atoms with E-state index in [0.717, 1.165) is 47.3 Å². The molecule has 0 bridgehead atoms. The van der Waals surface area contributed by atoms with Gasteiger partial charge in [0.2, 0.25) is 0 Å². The van der Waals surface area contributed by atoms with Crippen LogP contribution in [0.4, 0.5) is 23.0 Å². The lowest BCUT2D eigenvalue weighted by Crippen LogP contribution is -2.01. The topological polar surface area (TPSA) is 105 Å². The van der Waals surface area contributed by atoms with Gasteiger partial charge in [-0.1, -0.05) is 126 Å². The van der Waals surface area contributed by atoms with Crippen LogP contribution in [0.15, 0.2) is 116 Å². The Morgan fingerprint density at radius 3 is 1.20 bits per heavy atom. The molecule has 0 aliphatic carbocycles. The molecule has 0 spiro atoms. The molecule has 0 saturated heterocycles. The summed E-state index contributed by atoms with van der Waals surface area (Å²) < 4.78 is 5.61. The highest BCUT2D eigenvalue weighted by molar-refractivity contribution is 9.46. The van der Waals surface area contributed by atoms with Crippen molar-refractivity contribution < 1.29 is 9.84 Å². The average molecular weight is 1770 g/mol. The second-order valence-electron chi connectivity index (χ2n) is 17.0. The van der Waals surface area contributed by atoms with E-state index in [4.69, 9.17) is 4.74 Å². The van der Waals surface area contributed by atoms with Gasteiger partial charge in [-0.3, -0.25) is 0 Å². The number of aryl methyl sites for hydroxylation is 2. The largest absolute Gasteiger partial charge is 0.503 e. The number of nitrogens with one attached hydrogen (secondary N) is 2. The lowest BCUT2D eigenvalue weighted by atomic mass is 10.0. The first-order valence-corrected chi connectivity index (χ1v) is 86.8. The van der Waals surface area contributed by atoms with Crippen molar-refractivity contribution >= 4 is 310 Å². The number of aromatic hydroxyl groups is 1. The van der Waals surface area contributed by atoms with E-state index in [1.54, 1.807) is 19.5 Å². The fraction of sp³-hybridized carbons (Fsp3) is 0.171. The van der Waals surface area contributed by atoms with Gasteiger partial charge in [-0.2, -0.15) is 0 Å². The normalized spacial score (nSPS) is 13.1. The van der Waals surface area contributed by atoms with Crippen molar-refractivity contribution in [3.63, 3.8) is 0 Å². The predicted octanol–water partition coefficient (Wildman–Crippen LogP) is 30.7. The van der Waals surface area contributed by atoms with Crippen molar-refractivity contribution in [2.24, 2.45) is 0 Å². The Balaban J connectivity index is 0.000000336. The first-order valence-electron chi connectivity index (χ1n) is 23.6. The summed E-state index contributed by atoms with van der Waals surface area (Å²) in [5.41, 5.74) is 9.63. The maximum atomic E-state index is 10.5. The van der Waals surface area contributed by atoms with Crippen molar-refractivity contribution in [1.82, 2.24) is 19.9 Å². The molecular weight excluding hydrogens is 1690 g/mol. The Bertz CT molecular complexity index is 2840. The van der Waals surface area contributed by atoms with Crippen molar-refractivity contribution in [2.45, 2.75) is 41.0 Å². The third-order valence-electron chi connectivity index (χ3n) is 10.7. The highest BCUT2D eigenvalue weighted by Gasteiger charge is 2.53. The van der Waals surface area contributed by atoms with Gasteiger partial charge in [0.15, 0.2) is 23.1 Å². The van der Waals surface area contributed by atoms with Crippen LogP contribution in [0.25, 0.3) is 28.6 Å². The lowest BCUT2D eigenvalue weighted by molar-refractivity contribution is 0.415. The van der Waals surface area contributed by atoms with Crippen LogP contribution in [-0.2, 0) is 0 Å². The number of aromatic nitrogens is 4. The fourth-order valence-electron chi connectivity index (χ4n) is 6.83. The molecular formula is C41H81N6O2P35. The van der Waals surface area contributed by atoms with E-state index in [0.29, 0.717) is 29.0 Å². The Hall–Kier alpha value is 9.03. The van der Waals surface area contributed by atoms with Crippen molar-refractivity contribution in [2.75, 3.05) is 17.7 Å². The van der Waals surface area contributed by atoms with Crippen LogP contribution in [0, 0.1) is 13.8 Å². The molecule has 22 unspecified atom stereocenters. The number of benzene rings is 4. The van der Waals surface area contributed by atoms with Crippen LogP contribution in [-0.4, -0.2) is 32.2 Å². The number of methoxy groups -OCH3 is 1. The molecule has 6 rings (SSSR count). The Morgan fingerprint density at radius 2 is 0.833 bits per heavy atom. The molecule has 43 heteroatoms. The van der Waals surface area contributed by atoms with E-state index in [1.807, 2.05) is 67.6 Å². The fourth-order valence-corrected chi connectivity index (χ4v) is 477. The molecule has 0 saturated carbocycles. The Kier molecular flexibility index (Phi) is 47.6. The van der Waals surface area contributed by atoms with Gasteiger partial charge in [-0.05, 0) is 167 Å². The van der Waals surface area contributed by atoms with Gasteiger partial charge < -0.3 is 20.5 Å². The molecule has 4 aromatic carbocycles. The molecule has 8 nitrogen and oxygen atoms in total. The van der Waals surface area contributed by atoms with E-state index < -0.39 is 0 Å². The highest BCUT2D eigenvalue weighted by atomic mass is 33.5. The van der Waals surface area contributed by atoms with E-state index in [9.17, 15) is 5.11 Å². The first kappa shape index (κ1) is 87.2. The van der Waals surface area contributed by atoms with Crippen molar-refractivity contribution in [3.8, 4) is 34.0 Å².